The fourth-order valence-corrected chi connectivity index (χ4v) is 6.04. The van der Waals surface area contributed by atoms with Gasteiger partial charge in [0.15, 0.2) is 0 Å². The Hall–Kier alpha value is -4.12. The summed E-state index contributed by atoms with van der Waals surface area (Å²) in [5, 5.41) is 8.29. The second-order valence-electron chi connectivity index (χ2n) is 11.2. The standard InChI is InChI=1S/C32H34ClN7O3/c33-22-4-6-25-24(14-22)30(36-18-20-3-8-28(35-17-20)43-19-21-2-1-9-34-16-21)29(32(41)39-25)31-37-26-7-5-23(15-27(26)38-31)40-10-12-42-13-11-40/h3-8,14-15,17,21,34H,1-2,9-13,16,18-19H2,(H,37,38)(H2,36,39,41). The molecule has 0 amide bonds. The van der Waals surface area contributed by atoms with Crippen LogP contribution >= 0.6 is 11.6 Å². The maximum Gasteiger partial charge on any atom is 0.261 e. The first-order chi connectivity index (χ1) is 21.1. The number of fused-ring (bicyclic) bond motifs is 2. The normalized spacial score (nSPS) is 17.4. The van der Waals surface area contributed by atoms with Gasteiger partial charge in [0, 0.05) is 60.5 Å². The van der Waals surface area contributed by atoms with Crippen LogP contribution in [0.3, 0.4) is 0 Å². The Morgan fingerprint density at radius 3 is 2.79 bits per heavy atom. The monoisotopic (exact) mass is 599 g/mol. The van der Waals surface area contributed by atoms with Gasteiger partial charge < -0.3 is 35.0 Å². The number of morpholine rings is 1. The third-order valence-corrected chi connectivity index (χ3v) is 8.42. The molecule has 2 fully saturated rings. The Bertz CT molecular complexity index is 1790. The van der Waals surface area contributed by atoms with Gasteiger partial charge in [-0.05, 0) is 61.3 Å². The number of H-pyrrole nitrogens is 2. The molecule has 222 valence electrons. The highest BCUT2D eigenvalue weighted by atomic mass is 35.5. The third kappa shape index (κ3) is 6.04. The maximum absolute atomic E-state index is 13.5. The van der Waals surface area contributed by atoms with E-state index in [2.05, 4.69) is 42.6 Å². The topological polar surface area (TPSA) is 120 Å². The summed E-state index contributed by atoms with van der Waals surface area (Å²) in [5.74, 6) is 1.61. The van der Waals surface area contributed by atoms with E-state index in [9.17, 15) is 4.79 Å². The van der Waals surface area contributed by atoms with Crippen LogP contribution < -0.4 is 25.8 Å². The molecule has 10 nitrogen and oxygen atoms in total. The first-order valence-electron chi connectivity index (χ1n) is 14.8. The molecular weight excluding hydrogens is 566 g/mol. The molecule has 0 radical (unpaired) electrons. The van der Waals surface area contributed by atoms with Gasteiger partial charge in [-0.15, -0.1) is 0 Å². The Balaban J connectivity index is 1.17. The van der Waals surface area contributed by atoms with E-state index >= 15 is 0 Å². The summed E-state index contributed by atoms with van der Waals surface area (Å²) >= 11 is 6.42. The number of aromatic amines is 2. The van der Waals surface area contributed by atoms with Crippen LogP contribution in [-0.2, 0) is 11.3 Å². The highest BCUT2D eigenvalue weighted by molar-refractivity contribution is 6.31. The van der Waals surface area contributed by atoms with Gasteiger partial charge in [0.25, 0.3) is 5.56 Å². The van der Waals surface area contributed by atoms with Gasteiger partial charge in [0.05, 0.1) is 42.1 Å². The zero-order valence-electron chi connectivity index (χ0n) is 23.8. The quantitative estimate of drug-likeness (QED) is 0.198. The summed E-state index contributed by atoms with van der Waals surface area (Å²) in [7, 11) is 0. The number of hydrogen-bond donors (Lipinski definition) is 4. The number of ether oxygens (including phenoxy) is 2. The summed E-state index contributed by atoms with van der Waals surface area (Å²) in [6, 6.07) is 15.5. The fraction of sp³-hybridized carbons (Fsp3) is 0.344. The van der Waals surface area contributed by atoms with Crippen molar-refractivity contribution in [1.82, 2.24) is 25.3 Å². The van der Waals surface area contributed by atoms with Crippen LogP contribution in [0.1, 0.15) is 18.4 Å². The third-order valence-electron chi connectivity index (χ3n) is 8.19. The number of rotatable bonds is 8. The number of nitrogens with one attached hydrogen (secondary N) is 4. The number of hydrogen-bond acceptors (Lipinski definition) is 8. The fourth-order valence-electron chi connectivity index (χ4n) is 5.87. The molecule has 0 spiro atoms. The molecule has 11 heteroatoms. The first kappa shape index (κ1) is 27.7. The van der Waals surface area contributed by atoms with Gasteiger partial charge in [-0.2, -0.15) is 0 Å². The van der Waals surface area contributed by atoms with Crippen molar-refractivity contribution >= 4 is 44.9 Å². The van der Waals surface area contributed by atoms with Crippen LogP contribution in [0.2, 0.25) is 5.02 Å². The molecule has 3 aromatic heterocycles. The van der Waals surface area contributed by atoms with Crippen molar-refractivity contribution in [3.63, 3.8) is 0 Å². The van der Waals surface area contributed by atoms with E-state index in [4.69, 9.17) is 26.1 Å². The molecule has 7 rings (SSSR count). The molecule has 5 heterocycles. The lowest BCUT2D eigenvalue weighted by Crippen LogP contribution is -2.36. The molecule has 2 aliphatic rings. The second-order valence-corrected chi connectivity index (χ2v) is 11.6. The van der Waals surface area contributed by atoms with E-state index in [1.807, 2.05) is 30.3 Å². The van der Waals surface area contributed by atoms with E-state index in [1.54, 1.807) is 12.3 Å². The molecule has 2 saturated heterocycles. The Labute approximate surface area is 253 Å². The molecule has 5 aromatic rings. The first-order valence-corrected chi connectivity index (χ1v) is 15.2. The van der Waals surface area contributed by atoms with Crippen molar-refractivity contribution in [2.75, 3.05) is 56.2 Å². The van der Waals surface area contributed by atoms with Crippen molar-refractivity contribution in [3.8, 4) is 17.3 Å². The SMILES string of the molecule is O=c1[nH]c2ccc(Cl)cc2c(NCc2ccc(OCC3CCCNC3)nc2)c1-c1nc2ccc(N3CCOCC3)cc2[nH]1. The van der Waals surface area contributed by atoms with Crippen molar-refractivity contribution in [2.45, 2.75) is 19.4 Å². The number of benzene rings is 2. The molecule has 1 atom stereocenters. The minimum absolute atomic E-state index is 0.246. The van der Waals surface area contributed by atoms with Gasteiger partial charge in [-0.1, -0.05) is 17.7 Å². The highest BCUT2D eigenvalue weighted by Crippen LogP contribution is 2.33. The lowest BCUT2D eigenvalue weighted by molar-refractivity contribution is 0.122. The highest BCUT2D eigenvalue weighted by Gasteiger charge is 2.20. The number of halogens is 1. The molecule has 4 N–H and O–H groups in total. The van der Waals surface area contributed by atoms with Crippen molar-refractivity contribution in [1.29, 1.82) is 0 Å². The van der Waals surface area contributed by atoms with Crippen LogP contribution in [0.4, 0.5) is 11.4 Å². The number of aromatic nitrogens is 4. The van der Waals surface area contributed by atoms with Gasteiger partial charge in [0.1, 0.15) is 11.4 Å². The van der Waals surface area contributed by atoms with Gasteiger partial charge in [-0.25, -0.2) is 9.97 Å². The maximum atomic E-state index is 13.5. The van der Waals surface area contributed by atoms with Gasteiger partial charge in [0.2, 0.25) is 5.88 Å². The molecule has 0 aliphatic carbocycles. The number of pyridine rings is 2. The number of piperidine rings is 1. The Morgan fingerprint density at radius 1 is 1.07 bits per heavy atom. The predicted molar refractivity (Wildman–Crippen MR) is 170 cm³/mol. The lowest BCUT2D eigenvalue weighted by Gasteiger charge is -2.28. The Kier molecular flexibility index (Phi) is 7.88. The molecule has 2 aliphatic heterocycles. The molecule has 43 heavy (non-hydrogen) atoms. The van der Waals surface area contributed by atoms with E-state index in [-0.39, 0.29) is 5.56 Å². The molecule has 0 bridgehead atoms. The van der Waals surface area contributed by atoms with Crippen molar-refractivity contribution in [3.05, 3.63) is 75.7 Å². The molecule has 2 aromatic carbocycles. The van der Waals surface area contributed by atoms with Crippen LogP contribution in [0.25, 0.3) is 33.3 Å². The zero-order chi connectivity index (χ0) is 29.2. The van der Waals surface area contributed by atoms with E-state index < -0.39 is 0 Å². The summed E-state index contributed by atoms with van der Waals surface area (Å²) in [4.78, 5) is 31.6. The van der Waals surface area contributed by atoms with Crippen LogP contribution in [0.15, 0.2) is 59.5 Å². The van der Waals surface area contributed by atoms with Crippen molar-refractivity contribution < 1.29 is 9.47 Å². The molecule has 1 unspecified atom stereocenters. The molecular formula is C32H34ClN7O3. The summed E-state index contributed by atoms with van der Waals surface area (Å²) < 4.78 is 11.5. The van der Waals surface area contributed by atoms with Crippen LogP contribution in [0.5, 0.6) is 5.88 Å². The largest absolute Gasteiger partial charge is 0.477 e. The van der Waals surface area contributed by atoms with Gasteiger partial charge in [-0.3, -0.25) is 4.79 Å². The van der Waals surface area contributed by atoms with E-state index in [0.29, 0.717) is 65.8 Å². The predicted octanol–water partition coefficient (Wildman–Crippen LogP) is 4.95. The van der Waals surface area contributed by atoms with E-state index in [1.165, 1.54) is 12.8 Å². The van der Waals surface area contributed by atoms with Crippen LogP contribution in [0, 0.1) is 5.92 Å². The number of imidazole rings is 1. The minimum atomic E-state index is -0.246. The average molecular weight is 600 g/mol. The zero-order valence-corrected chi connectivity index (χ0v) is 24.5. The van der Waals surface area contributed by atoms with E-state index in [0.717, 1.165) is 53.8 Å². The van der Waals surface area contributed by atoms with Crippen molar-refractivity contribution in [2.24, 2.45) is 5.92 Å². The Morgan fingerprint density at radius 2 is 1.98 bits per heavy atom. The number of anilines is 2. The smallest absolute Gasteiger partial charge is 0.261 e. The van der Waals surface area contributed by atoms with Gasteiger partial charge >= 0.3 is 0 Å². The summed E-state index contributed by atoms with van der Waals surface area (Å²) in [6.07, 6.45) is 4.16. The lowest BCUT2D eigenvalue weighted by atomic mass is 10.0. The number of nitrogens with zero attached hydrogens (tertiary/aromatic N) is 3. The molecule has 0 saturated carbocycles. The second kappa shape index (κ2) is 12.2. The minimum Gasteiger partial charge on any atom is -0.477 e. The summed E-state index contributed by atoms with van der Waals surface area (Å²) in [5.41, 5.74) is 5.21. The average Bonchev–Trinajstić information content (AvgIpc) is 3.47. The van der Waals surface area contributed by atoms with Crippen LogP contribution in [-0.4, -0.2) is 65.9 Å². The summed E-state index contributed by atoms with van der Waals surface area (Å²) in [6.45, 7) is 6.26.